The molecule has 5 nitrogen and oxygen atoms in total. The summed E-state index contributed by atoms with van der Waals surface area (Å²) >= 11 is 1.39. The highest BCUT2D eigenvalue weighted by molar-refractivity contribution is 7.11. The highest BCUT2D eigenvalue weighted by Crippen LogP contribution is 2.13. The van der Waals surface area contributed by atoms with Crippen LogP contribution in [0.2, 0.25) is 0 Å². The third kappa shape index (κ3) is 2.58. The van der Waals surface area contributed by atoms with Crippen LogP contribution >= 0.6 is 11.3 Å². The molecular weight excluding hydrogens is 226 g/mol. The van der Waals surface area contributed by atoms with Crippen LogP contribution in [0.1, 0.15) is 15.5 Å². The summed E-state index contributed by atoms with van der Waals surface area (Å²) in [4.78, 5) is 18.1. The standard InChI is InChI=1S/C10H15N3O2S/c1-15-6-8-7-16-9(12-8)10(14)13-4-2-11-3-5-13/h7,11H,2-6H2,1H3. The molecule has 0 radical (unpaired) electrons. The van der Waals surface area contributed by atoms with Crippen molar-refractivity contribution in [1.29, 1.82) is 0 Å². The zero-order chi connectivity index (χ0) is 11.4. The van der Waals surface area contributed by atoms with Crippen molar-refractivity contribution in [1.82, 2.24) is 15.2 Å². The molecule has 0 aliphatic carbocycles. The second-order valence-electron chi connectivity index (χ2n) is 3.62. The van der Waals surface area contributed by atoms with Crippen LogP contribution < -0.4 is 5.32 Å². The number of thiazole rings is 1. The number of ether oxygens (including phenoxy) is 1. The summed E-state index contributed by atoms with van der Waals surface area (Å²) in [5.74, 6) is 0.0360. The number of piperazine rings is 1. The van der Waals surface area contributed by atoms with Gasteiger partial charge in [-0.3, -0.25) is 4.79 Å². The topological polar surface area (TPSA) is 54.5 Å². The van der Waals surface area contributed by atoms with Gasteiger partial charge in [0.2, 0.25) is 0 Å². The fourth-order valence-corrected chi connectivity index (χ4v) is 2.39. The Balaban J connectivity index is 2.01. The molecule has 1 N–H and O–H groups in total. The molecule has 0 atom stereocenters. The molecule has 1 aliphatic heterocycles. The fourth-order valence-electron chi connectivity index (χ4n) is 1.62. The summed E-state index contributed by atoms with van der Waals surface area (Å²) < 4.78 is 4.98. The average Bonchev–Trinajstić information content (AvgIpc) is 2.78. The first-order valence-electron chi connectivity index (χ1n) is 5.24. The van der Waals surface area contributed by atoms with Crippen molar-refractivity contribution in [2.24, 2.45) is 0 Å². The molecule has 6 heteroatoms. The molecule has 1 fully saturated rings. The maximum absolute atomic E-state index is 12.0. The lowest BCUT2D eigenvalue weighted by atomic mass is 10.3. The second-order valence-corrected chi connectivity index (χ2v) is 4.48. The van der Waals surface area contributed by atoms with Crippen molar-refractivity contribution in [2.75, 3.05) is 33.3 Å². The first-order chi connectivity index (χ1) is 7.81. The van der Waals surface area contributed by atoms with Gasteiger partial charge in [-0.15, -0.1) is 11.3 Å². The van der Waals surface area contributed by atoms with Crippen molar-refractivity contribution >= 4 is 17.2 Å². The van der Waals surface area contributed by atoms with E-state index in [-0.39, 0.29) is 5.91 Å². The largest absolute Gasteiger partial charge is 0.378 e. The Kier molecular flexibility index (Phi) is 3.87. The Morgan fingerprint density at radius 1 is 1.62 bits per heavy atom. The Morgan fingerprint density at radius 3 is 3.06 bits per heavy atom. The minimum absolute atomic E-state index is 0.0360. The third-order valence-corrected chi connectivity index (χ3v) is 3.31. The highest BCUT2D eigenvalue weighted by atomic mass is 32.1. The van der Waals surface area contributed by atoms with E-state index in [0.717, 1.165) is 31.9 Å². The number of hydrogen-bond donors (Lipinski definition) is 1. The van der Waals surface area contributed by atoms with E-state index in [1.54, 1.807) is 7.11 Å². The summed E-state index contributed by atoms with van der Waals surface area (Å²) in [6.45, 7) is 3.71. The van der Waals surface area contributed by atoms with E-state index in [4.69, 9.17) is 4.74 Å². The normalized spacial score (nSPS) is 16.4. The Morgan fingerprint density at radius 2 is 2.38 bits per heavy atom. The quantitative estimate of drug-likeness (QED) is 0.829. The molecule has 1 aromatic heterocycles. The van der Waals surface area contributed by atoms with Gasteiger partial charge in [0, 0.05) is 38.7 Å². The first-order valence-corrected chi connectivity index (χ1v) is 6.12. The lowest BCUT2D eigenvalue weighted by Gasteiger charge is -2.26. The van der Waals surface area contributed by atoms with Gasteiger partial charge >= 0.3 is 0 Å². The van der Waals surface area contributed by atoms with Gasteiger partial charge in [-0.2, -0.15) is 0 Å². The molecule has 88 valence electrons. The van der Waals surface area contributed by atoms with E-state index in [2.05, 4.69) is 10.3 Å². The molecular formula is C10H15N3O2S. The maximum Gasteiger partial charge on any atom is 0.282 e. The average molecular weight is 241 g/mol. The molecule has 1 saturated heterocycles. The van der Waals surface area contributed by atoms with Crippen molar-refractivity contribution in [3.8, 4) is 0 Å². The van der Waals surface area contributed by atoms with Crippen LogP contribution in [0.15, 0.2) is 5.38 Å². The number of rotatable bonds is 3. The van der Waals surface area contributed by atoms with E-state index >= 15 is 0 Å². The molecule has 0 unspecified atom stereocenters. The number of hydrogen-bond acceptors (Lipinski definition) is 5. The Bertz CT molecular complexity index is 361. The van der Waals surface area contributed by atoms with Crippen LogP contribution in [0.25, 0.3) is 0 Å². The number of nitrogens with zero attached hydrogens (tertiary/aromatic N) is 2. The molecule has 2 heterocycles. The fraction of sp³-hybridized carbons (Fsp3) is 0.600. The lowest BCUT2D eigenvalue weighted by Crippen LogP contribution is -2.46. The minimum Gasteiger partial charge on any atom is -0.378 e. The monoisotopic (exact) mass is 241 g/mol. The van der Waals surface area contributed by atoms with Gasteiger partial charge in [-0.05, 0) is 0 Å². The van der Waals surface area contributed by atoms with Crippen LogP contribution in [0.3, 0.4) is 0 Å². The van der Waals surface area contributed by atoms with E-state index in [1.807, 2.05) is 10.3 Å². The number of aromatic nitrogens is 1. The molecule has 1 aromatic rings. The van der Waals surface area contributed by atoms with Gasteiger partial charge in [-0.1, -0.05) is 0 Å². The predicted octanol–water partition coefficient (Wildman–Crippen LogP) is 0.335. The van der Waals surface area contributed by atoms with Crippen LogP contribution in [0, 0.1) is 0 Å². The number of nitrogens with one attached hydrogen (secondary N) is 1. The number of carbonyl (C=O) groups excluding carboxylic acids is 1. The number of amides is 1. The third-order valence-electron chi connectivity index (χ3n) is 2.43. The highest BCUT2D eigenvalue weighted by Gasteiger charge is 2.20. The smallest absolute Gasteiger partial charge is 0.282 e. The van der Waals surface area contributed by atoms with Crippen molar-refractivity contribution in [3.05, 3.63) is 16.1 Å². The van der Waals surface area contributed by atoms with Gasteiger partial charge in [0.05, 0.1) is 12.3 Å². The zero-order valence-corrected chi connectivity index (χ0v) is 10.0. The molecule has 1 aliphatic rings. The summed E-state index contributed by atoms with van der Waals surface area (Å²) in [7, 11) is 1.62. The van der Waals surface area contributed by atoms with Gasteiger partial charge in [0.15, 0.2) is 5.01 Å². The Hall–Kier alpha value is -0.980. The summed E-state index contributed by atoms with van der Waals surface area (Å²) in [5.41, 5.74) is 0.825. The molecule has 0 aromatic carbocycles. The Labute approximate surface area is 98.4 Å². The zero-order valence-electron chi connectivity index (χ0n) is 9.23. The van der Waals surface area contributed by atoms with E-state index in [1.165, 1.54) is 11.3 Å². The maximum atomic E-state index is 12.0. The molecule has 1 amide bonds. The summed E-state index contributed by atoms with van der Waals surface area (Å²) in [6, 6.07) is 0. The van der Waals surface area contributed by atoms with Gasteiger partial charge in [0.1, 0.15) is 0 Å². The predicted molar refractivity (Wildman–Crippen MR) is 61.6 cm³/mol. The molecule has 0 bridgehead atoms. The first kappa shape index (κ1) is 11.5. The molecule has 16 heavy (non-hydrogen) atoms. The summed E-state index contributed by atoms with van der Waals surface area (Å²) in [5, 5.41) is 5.65. The second kappa shape index (κ2) is 5.38. The van der Waals surface area contributed by atoms with Crippen LogP contribution in [-0.4, -0.2) is 49.1 Å². The minimum atomic E-state index is 0.0360. The van der Waals surface area contributed by atoms with Gasteiger partial charge in [0.25, 0.3) is 5.91 Å². The SMILES string of the molecule is COCc1csc(C(=O)N2CCNCC2)n1. The van der Waals surface area contributed by atoms with Crippen LogP contribution in [-0.2, 0) is 11.3 Å². The molecule has 0 saturated carbocycles. The van der Waals surface area contributed by atoms with E-state index in [0.29, 0.717) is 11.6 Å². The number of carbonyl (C=O) groups is 1. The molecule has 2 rings (SSSR count). The van der Waals surface area contributed by atoms with Crippen molar-refractivity contribution in [3.63, 3.8) is 0 Å². The number of methoxy groups -OCH3 is 1. The van der Waals surface area contributed by atoms with E-state index in [9.17, 15) is 4.79 Å². The van der Waals surface area contributed by atoms with Gasteiger partial charge < -0.3 is 15.0 Å². The van der Waals surface area contributed by atoms with Gasteiger partial charge in [-0.25, -0.2) is 4.98 Å². The van der Waals surface area contributed by atoms with Crippen LogP contribution in [0.4, 0.5) is 0 Å². The molecule has 0 spiro atoms. The summed E-state index contributed by atoms with van der Waals surface area (Å²) in [6.07, 6.45) is 0. The van der Waals surface area contributed by atoms with Crippen molar-refractivity contribution < 1.29 is 9.53 Å². The van der Waals surface area contributed by atoms with Crippen molar-refractivity contribution in [2.45, 2.75) is 6.61 Å². The lowest BCUT2D eigenvalue weighted by molar-refractivity contribution is 0.0734. The van der Waals surface area contributed by atoms with E-state index < -0.39 is 0 Å². The van der Waals surface area contributed by atoms with Crippen LogP contribution in [0.5, 0.6) is 0 Å².